The van der Waals surface area contributed by atoms with Gasteiger partial charge >= 0.3 is 0 Å². The van der Waals surface area contributed by atoms with E-state index in [9.17, 15) is 8.78 Å². The molecule has 0 N–H and O–H groups in total. The van der Waals surface area contributed by atoms with Crippen molar-refractivity contribution < 1.29 is 23.0 Å². The van der Waals surface area contributed by atoms with Gasteiger partial charge in [-0.15, -0.1) is 0 Å². The summed E-state index contributed by atoms with van der Waals surface area (Å²) in [6.07, 6.45) is 1.28. The van der Waals surface area contributed by atoms with Crippen LogP contribution in [-0.4, -0.2) is 67.6 Å². The third-order valence-corrected chi connectivity index (χ3v) is 4.34. The molecule has 0 spiro atoms. The van der Waals surface area contributed by atoms with Crippen LogP contribution in [0.2, 0.25) is 0 Å². The number of hydrogen-bond donors (Lipinski definition) is 0. The molecule has 0 bridgehead atoms. The summed E-state index contributed by atoms with van der Waals surface area (Å²) in [6, 6.07) is 0. The predicted molar refractivity (Wildman–Crippen MR) is 85.0 cm³/mol. The summed E-state index contributed by atoms with van der Waals surface area (Å²) in [7, 11) is 0. The van der Waals surface area contributed by atoms with E-state index in [4.69, 9.17) is 14.2 Å². The summed E-state index contributed by atoms with van der Waals surface area (Å²) >= 11 is 0. The lowest BCUT2D eigenvalue weighted by atomic mass is 9.91. The molecule has 6 heteroatoms. The fourth-order valence-electron chi connectivity index (χ4n) is 3.12. The summed E-state index contributed by atoms with van der Waals surface area (Å²) in [4.78, 5) is 1.77. The van der Waals surface area contributed by atoms with Crippen molar-refractivity contribution in [3.05, 3.63) is 0 Å². The standard InChI is InChI=1S/C17H31F2NO3/c1-12(2)21-8-7-20-6-5-16(17(18,19)11-20)23-15-9-14(10-15)22-13(3)4/h12-16H,5-11H2,1-4H3. The molecule has 1 unspecified atom stereocenters. The SMILES string of the molecule is CC(C)OCCN1CCC(OC2CC(OC(C)C)C2)C(F)(F)C1. The fraction of sp³-hybridized carbons (Fsp3) is 1.00. The lowest BCUT2D eigenvalue weighted by Gasteiger charge is -2.43. The average molecular weight is 335 g/mol. The average Bonchev–Trinajstić information content (AvgIpc) is 2.37. The molecule has 136 valence electrons. The van der Waals surface area contributed by atoms with Crippen LogP contribution in [0.3, 0.4) is 0 Å². The number of nitrogens with zero attached hydrogens (tertiary/aromatic N) is 1. The van der Waals surface area contributed by atoms with Gasteiger partial charge in [-0.1, -0.05) is 0 Å². The van der Waals surface area contributed by atoms with E-state index in [1.54, 1.807) is 4.90 Å². The van der Waals surface area contributed by atoms with Gasteiger partial charge < -0.3 is 14.2 Å². The number of likely N-dealkylation sites (tertiary alicyclic amines) is 1. The quantitative estimate of drug-likeness (QED) is 0.682. The van der Waals surface area contributed by atoms with E-state index in [1.165, 1.54) is 0 Å². The Morgan fingerprint density at radius 3 is 2.35 bits per heavy atom. The zero-order valence-corrected chi connectivity index (χ0v) is 14.8. The third kappa shape index (κ3) is 5.93. The number of alkyl halides is 2. The second-order valence-electron chi connectivity index (χ2n) is 7.27. The van der Waals surface area contributed by atoms with Crippen LogP contribution in [0.1, 0.15) is 47.0 Å². The van der Waals surface area contributed by atoms with Crippen molar-refractivity contribution in [2.45, 2.75) is 83.4 Å². The van der Waals surface area contributed by atoms with Gasteiger partial charge in [0.2, 0.25) is 0 Å². The van der Waals surface area contributed by atoms with Crippen molar-refractivity contribution >= 4 is 0 Å². The first kappa shape index (κ1) is 19.0. The van der Waals surface area contributed by atoms with Crippen LogP contribution >= 0.6 is 0 Å². The summed E-state index contributed by atoms with van der Waals surface area (Å²) in [5.74, 6) is -2.79. The smallest absolute Gasteiger partial charge is 0.286 e. The predicted octanol–water partition coefficient (Wildman–Crippen LogP) is 3.09. The van der Waals surface area contributed by atoms with Crippen LogP contribution in [0.25, 0.3) is 0 Å². The number of piperidine rings is 1. The molecule has 1 saturated heterocycles. The minimum atomic E-state index is -2.79. The zero-order chi connectivity index (χ0) is 17.0. The Morgan fingerprint density at radius 1 is 1.09 bits per heavy atom. The van der Waals surface area contributed by atoms with Crippen LogP contribution in [0, 0.1) is 0 Å². The van der Waals surface area contributed by atoms with E-state index in [2.05, 4.69) is 0 Å². The second kappa shape index (κ2) is 8.19. The summed E-state index contributed by atoms with van der Waals surface area (Å²) < 4.78 is 45.3. The highest BCUT2D eigenvalue weighted by atomic mass is 19.3. The zero-order valence-electron chi connectivity index (χ0n) is 14.8. The van der Waals surface area contributed by atoms with Gasteiger partial charge in [0.1, 0.15) is 6.10 Å². The molecule has 1 aliphatic carbocycles. The van der Waals surface area contributed by atoms with Gasteiger partial charge in [0.05, 0.1) is 37.6 Å². The van der Waals surface area contributed by atoms with Gasteiger partial charge in [-0.25, -0.2) is 8.78 Å². The summed E-state index contributed by atoms with van der Waals surface area (Å²) in [6.45, 7) is 9.32. The monoisotopic (exact) mass is 335 g/mol. The van der Waals surface area contributed by atoms with E-state index in [-0.39, 0.29) is 31.0 Å². The van der Waals surface area contributed by atoms with Crippen molar-refractivity contribution in [3.63, 3.8) is 0 Å². The third-order valence-electron chi connectivity index (χ3n) is 4.34. The van der Waals surface area contributed by atoms with Crippen molar-refractivity contribution in [1.82, 2.24) is 4.90 Å². The Kier molecular flexibility index (Phi) is 6.77. The molecule has 0 aromatic rings. The summed E-state index contributed by atoms with van der Waals surface area (Å²) in [5.41, 5.74) is 0. The molecular weight excluding hydrogens is 304 g/mol. The highest BCUT2D eigenvalue weighted by Gasteiger charge is 2.47. The van der Waals surface area contributed by atoms with Crippen molar-refractivity contribution in [3.8, 4) is 0 Å². The Hall–Kier alpha value is -0.300. The first-order valence-corrected chi connectivity index (χ1v) is 8.79. The van der Waals surface area contributed by atoms with E-state index >= 15 is 0 Å². The van der Waals surface area contributed by atoms with E-state index in [1.807, 2.05) is 27.7 Å². The van der Waals surface area contributed by atoms with Gasteiger partial charge in [0.25, 0.3) is 5.92 Å². The van der Waals surface area contributed by atoms with Crippen molar-refractivity contribution in [1.29, 1.82) is 0 Å². The van der Waals surface area contributed by atoms with Gasteiger partial charge in [-0.3, -0.25) is 4.90 Å². The van der Waals surface area contributed by atoms with Crippen LogP contribution in [0.15, 0.2) is 0 Å². The normalized spacial score (nSPS) is 31.6. The molecule has 0 radical (unpaired) electrons. The fourth-order valence-corrected chi connectivity index (χ4v) is 3.12. The second-order valence-corrected chi connectivity index (χ2v) is 7.27. The molecule has 0 amide bonds. The molecule has 2 rings (SSSR count). The Bertz CT molecular complexity index is 360. The molecule has 1 atom stereocenters. The number of rotatable bonds is 8. The van der Waals surface area contributed by atoms with Crippen molar-refractivity contribution in [2.75, 3.05) is 26.2 Å². The van der Waals surface area contributed by atoms with Crippen molar-refractivity contribution in [2.24, 2.45) is 0 Å². The molecule has 1 saturated carbocycles. The number of ether oxygens (including phenoxy) is 3. The Labute approximate surface area is 138 Å². The summed E-state index contributed by atoms with van der Waals surface area (Å²) in [5, 5.41) is 0. The molecule has 1 aliphatic heterocycles. The number of hydrogen-bond acceptors (Lipinski definition) is 4. The van der Waals surface area contributed by atoms with E-state index in [0.29, 0.717) is 26.1 Å². The molecule has 2 fully saturated rings. The molecule has 1 heterocycles. The first-order valence-electron chi connectivity index (χ1n) is 8.79. The highest BCUT2D eigenvalue weighted by Crippen LogP contribution is 2.35. The maximum atomic E-state index is 14.3. The number of halogens is 2. The molecule has 2 aliphatic rings. The Balaban J connectivity index is 1.69. The lowest BCUT2D eigenvalue weighted by Crippen LogP contribution is -2.55. The molecule has 4 nitrogen and oxygen atoms in total. The van der Waals surface area contributed by atoms with Gasteiger partial charge in [-0.05, 0) is 47.0 Å². The minimum Gasteiger partial charge on any atom is -0.377 e. The topological polar surface area (TPSA) is 30.9 Å². The largest absolute Gasteiger partial charge is 0.377 e. The van der Waals surface area contributed by atoms with Gasteiger partial charge in [-0.2, -0.15) is 0 Å². The van der Waals surface area contributed by atoms with Crippen LogP contribution in [0.5, 0.6) is 0 Å². The lowest BCUT2D eigenvalue weighted by molar-refractivity contribution is -0.219. The maximum absolute atomic E-state index is 14.3. The van der Waals surface area contributed by atoms with E-state index < -0.39 is 12.0 Å². The van der Waals surface area contributed by atoms with Crippen LogP contribution in [0.4, 0.5) is 8.78 Å². The van der Waals surface area contributed by atoms with Gasteiger partial charge in [0.15, 0.2) is 0 Å². The molecule has 0 aromatic heterocycles. The van der Waals surface area contributed by atoms with Crippen LogP contribution < -0.4 is 0 Å². The molecular formula is C17H31F2NO3. The molecule has 23 heavy (non-hydrogen) atoms. The van der Waals surface area contributed by atoms with Gasteiger partial charge in [0, 0.05) is 13.1 Å². The minimum absolute atomic E-state index is 0.0783. The van der Waals surface area contributed by atoms with E-state index in [0.717, 1.165) is 12.8 Å². The maximum Gasteiger partial charge on any atom is 0.286 e. The Morgan fingerprint density at radius 2 is 1.78 bits per heavy atom. The first-order chi connectivity index (χ1) is 10.8. The van der Waals surface area contributed by atoms with Crippen LogP contribution in [-0.2, 0) is 14.2 Å². The highest BCUT2D eigenvalue weighted by molar-refractivity contribution is 4.91. The molecule has 0 aromatic carbocycles.